The van der Waals surface area contributed by atoms with Gasteiger partial charge < -0.3 is 5.11 Å². The topological polar surface area (TPSA) is 46.0 Å². The van der Waals surface area contributed by atoms with Crippen LogP contribution in [0.5, 0.6) is 0 Å². The monoisotopic (exact) mass is 272 g/mol. The molecule has 7 heteroatoms. The highest BCUT2D eigenvalue weighted by atomic mass is 19.4. The zero-order chi connectivity index (χ0) is 14.0. The van der Waals surface area contributed by atoms with E-state index in [1.165, 1.54) is 12.4 Å². The van der Waals surface area contributed by atoms with E-state index in [-0.39, 0.29) is 12.4 Å². The van der Waals surface area contributed by atoms with Crippen LogP contribution in [0.25, 0.3) is 11.4 Å². The summed E-state index contributed by atoms with van der Waals surface area (Å²) in [6, 6.07) is 2.11. The van der Waals surface area contributed by atoms with Crippen molar-refractivity contribution in [2.45, 2.75) is 12.8 Å². The normalized spacial score (nSPS) is 11.6. The number of hydrogen-bond acceptors (Lipinski definition) is 3. The number of halogens is 4. The van der Waals surface area contributed by atoms with Gasteiger partial charge in [0.1, 0.15) is 5.82 Å². The highest BCUT2D eigenvalue weighted by molar-refractivity contribution is 5.61. The predicted octanol–water partition coefficient (Wildman–Crippen LogP) is 2.79. The molecule has 1 aromatic heterocycles. The number of aromatic nitrogens is 2. The molecule has 0 spiro atoms. The van der Waals surface area contributed by atoms with E-state index >= 15 is 0 Å². The van der Waals surface area contributed by atoms with Crippen molar-refractivity contribution in [1.29, 1.82) is 0 Å². The Hall–Kier alpha value is -2.02. The van der Waals surface area contributed by atoms with Crippen molar-refractivity contribution in [3.05, 3.63) is 47.5 Å². The molecule has 0 aliphatic rings. The second kappa shape index (κ2) is 4.93. The number of benzene rings is 1. The van der Waals surface area contributed by atoms with Crippen molar-refractivity contribution in [3.63, 3.8) is 0 Å². The molecule has 1 N–H and O–H groups in total. The number of alkyl halides is 3. The van der Waals surface area contributed by atoms with Crippen LogP contribution in [0.1, 0.15) is 11.1 Å². The summed E-state index contributed by atoms with van der Waals surface area (Å²) in [6.07, 6.45) is -2.25. The van der Waals surface area contributed by atoms with Crippen LogP contribution in [-0.2, 0) is 12.8 Å². The number of nitrogens with zero attached hydrogens (tertiary/aromatic N) is 2. The fourth-order valence-electron chi connectivity index (χ4n) is 1.52. The molecule has 2 aromatic rings. The first-order valence-corrected chi connectivity index (χ1v) is 5.20. The van der Waals surface area contributed by atoms with Gasteiger partial charge in [0, 0.05) is 23.5 Å². The van der Waals surface area contributed by atoms with Crippen molar-refractivity contribution in [1.82, 2.24) is 9.97 Å². The molecule has 0 radical (unpaired) electrons. The average Bonchev–Trinajstić information content (AvgIpc) is 2.37. The Balaban J connectivity index is 2.56. The van der Waals surface area contributed by atoms with Crippen LogP contribution in [0.15, 0.2) is 30.6 Å². The Morgan fingerprint density at radius 2 is 1.74 bits per heavy atom. The first kappa shape index (κ1) is 13.4. The molecule has 19 heavy (non-hydrogen) atoms. The van der Waals surface area contributed by atoms with Crippen molar-refractivity contribution in [2.75, 3.05) is 0 Å². The predicted molar refractivity (Wildman–Crippen MR) is 58.4 cm³/mol. The third-order valence-corrected chi connectivity index (χ3v) is 2.42. The summed E-state index contributed by atoms with van der Waals surface area (Å²) in [7, 11) is 0. The fraction of sp³-hybridized carbons (Fsp3) is 0.167. The minimum absolute atomic E-state index is 0.246. The van der Waals surface area contributed by atoms with E-state index in [2.05, 4.69) is 9.97 Å². The molecule has 2 rings (SSSR count). The first-order chi connectivity index (χ1) is 8.91. The molecular formula is C12H8F4N2O. The SMILES string of the molecule is OCc1cnc(-c2cc(F)ccc2C(F)(F)F)nc1. The average molecular weight is 272 g/mol. The summed E-state index contributed by atoms with van der Waals surface area (Å²) < 4.78 is 51.5. The maximum absolute atomic E-state index is 13.1. The maximum Gasteiger partial charge on any atom is 0.417 e. The third kappa shape index (κ3) is 2.87. The summed E-state index contributed by atoms with van der Waals surface area (Å²) in [5.74, 6) is -1.05. The van der Waals surface area contributed by atoms with Crippen LogP contribution < -0.4 is 0 Å². The molecule has 100 valence electrons. The third-order valence-electron chi connectivity index (χ3n) is 2.42. The Bertz CT molecular complexity index is 581. The van der Waals surface area contributed by atoms with Crippen molar-refractivity contribution >= 4 is 0 Å². The molecule has 0 fully saturated rings. The summed E-state index contributed by atoms with van der Waals surface area (Å²) >= 11 is 0. The molecule has 1 aromatic carbocycles. The van der Waals surface area contributed by atoms with Gasteiger partial charge in [-0.05, 0) is 18.2 Å². The lowest BCUT2D eigenvalue weighted by Crippen LogP contribution is -2.08. The Morgan fingerprint density at radius 3 is 2.26 bits per heavy atom. The van der Waals surface area contributed by atoms with E-state index in [9.17, 15) is 17.6 Å². The second-order valence-corrected chi connectivity index (χ2v) is 3.76. The standard InChI is InChI=1S/C12H8F4N2O/c13-8-1-2-10(12(14,15)16)9(3-8)11-17-4-7(6-19)5-18-11/h1-5,19H,6H2. The lowest BCUT2D eigenvalue weighted by molar-refractivity contribution is -0.137. The van der Waals surface area contributed by atoms with Crippen LogP contribution in [0.3, 0.4) is 0 Å². The van der Waals surface area contributed by atoms with Gasteiger partial charge in [-0.1, -0.05) is 0 Å². The Morgan fingerprint density at radius 1 is 1.11 bits per heavy atom. The lowest BCUT2D eigenvalue weighted by Gasteiger charge is -2.11. The Kier molecular flexibility index (Phi) is 3.48. The van der Waals surface area contributed by atoms with Gasteiger partial charge in [-0.25, -0.2) is 14.4 Å². The zero-order valence-corrected chi connectivity index (χ0v) is 9.45. The number of aliphatic hydroxyl groups excluding tert-OH is 1. The largest absolute Gasteiger partial charge is 0.417 e. The van der Waals surface area contributed by atoms with Crippen LogP contribution in [0.4, 0.5) is 17.6 Å². The van der Waals surface area contributed by atoms with Crippen molar-refractivity contribution < 1.29 is 22.7 Å². The second-order valence-electron chi connectivity index (χ2n) is 3.76. The van der Waals surface area contributed by atoms with Gasteiger partial charge in [-0.2, -0.15) is 13.2 Å². The van der Waals surface area contributed by atoms with E-state index in [4.69, 9.17) is 5.11 Å². The molecule has 0 unspecified atom stereocenters. The molecule has 0 saturated heterocycles. The highest BCUT2D eigenvalue weighted by Crippen LogP contribution is 2.36. The number of hydrogen-bond donors (Lipinski definition) is 1. The van der Waals surface area contributed by atoms with Gasteiger partial charge in [0.25, 0.3) is 0 Å². The highest BCUT2D eigenvalue weighted by Gasteiger charge is 2.34. The molecule has 0 amide bonds. The van der Waals surface area contributed by atoms with E-state index in [0.717, 1.165) is 12.1 Å². The van der Waals surface area contributed by atoms with Crippen LogP contribution in [0, 0.1) is 5.82 Å². The van der Waals surface area contributed by atoms with Gasteiger partial charge in [0.05, 0.1) is 12.2 Å². The van der Waals surface area contributed by atoms with E-state index < -0.39 is 23.1 Å². The molecule has 0 bridgehead atoms. The van der Waals surface area contributed by atoms with Crippen molar-refractivity contribution in [3.8, 4) is 11.4 Å². The quantitative estimate of drug-likeness (QED) is 0.855. The minimum atomic E-state index is -4.62. The van der Waals surface area contributed by atoms with Gasteiger partial charge in [0.2, 0.25) is 0 Å². The number of rotatable bonds is 2. The van der Waals surface area contributed by atoms with E-state index in [1.807, 2.05) is 0 Å². The fourth-order valence-corrected chi connectivity index (χ4v) is 1.52. The molecular weight excluding hydrogens is 264 g/mol. The van der Waals surface area contributed by atoms with Gasteiger partial charge in [0.15, 0.2) is 5.82 Å². The van der Waals surface area contributed by atoms with Crippen LogP contribution >= 0.6 is 0 Å². The van der Waals surface area contributed by atoms with Crippen LogP contribution in [-0.4, -0.2) is 15.1 Å². The molecule has 0 aliphatic carbocycles. The van der Waals surface area contributed by atoms with Crippen molar-refractivity contribution in [2.24, 2.45) is 0 Å². The molecule has 0 saturated carbocycles. The van der Waals surface area contributed by atoms with E-state index in [0.29, 0.717) is 11.6 Å². The summed E-state index contributed by atoms with van der Waals surface area (Å²) in [5.41, 5.74) is -1.09. The summed E-state index contributed by atoms with van der Waals surface area (Å²) in [4.78, 5) is 7.39. The lowest BCUT2D eigenvalue weighted by atomic mass is 10.1. The zero-order valence-electron chi connectivity index (χ0n) is 9.45. The first-order valence-electron chi connectivity index (χ1n) is 5.20. The van der Waals surface area contributed by atoms with Crippen LogP contribution in [0.2, 0.25) is 0 Å². The maximum atomic E-state index is 13.1. The molecule has 1 heterocycles. The molecule has 0 atom stereocenters. The minimum Gasteiger partial charge on any atom is -0.392 e. The van der Waals surface area contributed by atoms with Gasteiger partial charge in [-0.15, -0.1) is 0 Å². The summed E-state index contributed by atoms with van der Waals surface area (Å²) in [6.45, 7) is -0.324. The Labute approximate surface area is 105 Å². The van der Waals surface area contributed by atoms with Gasteiger partial charge in [-0.3, -0.25) is 0 Å². The molecule has 3 nitrogen and oxygen atoms in total. The van der Waals surface area contributed by atoms with Gasteiger partial charge >= 0.3 is 6.18 Å². The number of aliphatic hydroxyl groups is 1. The van der Waals surface area contributed by atoms with E-state index in [1.54, 1.807) is 0 Å². The smallest absolute Gasteiger partial charge is 0.392 e. The summed E-state index contributed by atoms with van der Waals surface area (Å²) in [5, 5.41) is 8.81. The molecule has 0 aliphatic heterocycles.